The van der Waals surface area contributed by atoms with Gasteiger partial charge in [0, 0.05) is 0 Å². The fraction of sp³-hybridized carbons (Fsp3) is 0.950. The fourth-order valence-corrected chi connectivity index (χ4v) is 8.02. The number of hydrogen-bond donors (Lipinski definition) is 2. The molecule has 4 aliphatic rings. The zero-order valence-corrected chi connectivity index (χ0v) is 14.9. The van der Waals surface area contributed by atoms with Crippen molar-refractivity contribution in [1.82, 2.24) is 0 Å². The molecule has 4 rings (SSSR count). The molecule has 23 heavy (non-hydrogen) atoms. The first-order valence-corrected chi connectivity index (χ1v) is 9.62. The maximum absolute atomic E-state index is 12.1. The average molecular weight is 320 g/mol. The zero-order valence-electron chi connectivity index (χ0n) is 14.9. The number of rotatable bonds is 1. The molecule has 0 amide bonds. The highest BCUT2D eigenvalue weighted by Gasteiger charge is 2.68. The van der Waals surface area contributed by atoms with Crippen LogP contribution in [0.3, 0.4) is 0 Å². The van der Waals surface area contributed by atoms with Crippen molar-refractivity contribution in [2.24, 2.45) is 34.0 Å². The topological polar surface area (TPSA) is 57.5 Å². The summed E-state index contributed by atoms with van der Waals surface area (Å²) in [6.07, 6.45) is 9.38. The summed E-state index contributed by atoms with van der Waals surface area (Å²) in [4.78, 5) is 12.1. The second kappa shape index (κ2) is 4.53. The fourth-order valence-electron chi connectivity index (χ4n) is 8.02. The van der Waals surface area contributed by atoms with Gasteiger partial charge in [-0.1, -0.05) is 20.3 Å². The lowest BCUT2D eigenvalue weighted by atomic mass is 9.41. The van der Waals surface area contributed by atoms with Gasteiger partial charge in [-0.2, -0.15) is 0 Å². The average Bonchev–Trinajstić information content (AvgIpc) is 2.63. The first-order valence-electron chi connectivity index (χ1n) is 9.62. The summed E-state index contributed by atoms with van der Waals surface area (Å²) in [5.41, 5.74) is -0.555. The Labute approximate surface area is 139 Å². The van der Waals surface area contributed by atoms with Crippen LogP contribution in [0.1, 0.15) is 78.6 Å². The highest BCUT2D eigenvalue weighted by atomic mass is 16.4. The van der Waals surface area contributed by atoms with E-state index in [1.54, 1.807) is 0 Å². The number of carbonyl (C=O) groups is 1. The van der Waals surface area contributed by atoms with Crippen LogP contribution < -0.4 is 0 Å². The van der Waals surface area contributed by atoms with Crippen LogP contribution in [0, 0.1) is 34.0 Å². The molecule has 7 atom stereocenters. The van der Waals surface area contributed by atoms with E-state index in [1.807, 2.05) is 6.92 Å². The van der Waals surface area contributed by atoms with Crippen LogP contribution in [0.2, 0.25) is 0 Å². The molecule has 0 radical (unpaired) electrons. The van der Waals surface area contributed by atoms with Gasteiger partial charge in [-0.05, 0) is 86.9 Å². The Balaban J connectivity index is 1.74. The van der Waals surface area contributed by atoms with Gasteiger partial charge in [-0.25, -0.2) is 0 Å². The van der Waals surface area contributed by atoms with Gasteiger partial charge in [-0.3, -0.25) is 4.79 Å². The summed E-state index contributed by atoms with van der Waals surface area (Å²) in [5, 5.41) is 20.9. The number of carboxylic acid groups (broad SMARTS) is 1. The Morgan fingerprint density at radius 1 is 1.04 bits per heavy atom. The lowest BCUT2D eigenvalue weighted by Gasteiger charge is -2.63. The van der Waals surface area contributed by atoms with E-state index in [4.69, 9.17) is 0 Å². The smallest absolute Gasteiger partial charge is 0.309 e. The SMILES string of the molecule is CC1CC23CCC4C(C)(C(=O)O)CCCC4(C)C2CC[C@]1(O)C3. The standard InChI is InChI=1S/C20H32O3/c1-13-11-19-9-5-14-17(2,7-4-8-18(14,3)16(21)22)15(19)6-10-20(13,23)12-19/h13-15,23H,4-12H2,1-3H3,(H,21,22)/t13?,14?,15?,17?,18?,19?,20-/m0/s1. The van der Waals surface area contributed by atoms with Crippen molar-refractivity contribution in [3.63, 3.8) is 0 Å². The Morgan fingerprint density at radius 2 is 1.74 bits per heavy atom. The molecular formula is C20H32O3. The molecule has 4 saturated carbocycles. The van der Waals surface area contributed by atoms with E-state index in [-0.39, 0.29) is 10.8 Å². The van der Waals surface area contributed by atoms with Crippen molar-refractivity contribution in [2.75, 3.05) is 0 Å². The lowest BCUT2D eigenvalue weighted by Crippen LogP contribution is -2.59. The third-order valence-electron chi connectivity index (χ3n) is 9.09. The largest absolute Gasteiger partial charge is 0.481 e. The molecule has 1 spiro atoms. The van der Waals surface area contributed by atoms with Gasteiger partial charge in [0.15, 0.2) is 0 Å². The van der Waals surface area contributed by atoms with E-state index >= 15 is 0 Å². The summed E-state index contributed by atoms with van der Waals surface area (Å²) in [6, 6.07) is 0. The van der Waals surface area contributed by atoms with E-state index in [0.29, 0.717) is 17.8 Å². The van der Waals surface area contributed by atoms with Gasteiger partial charge in [0.25, 0.3) is 0 Å². The predicted molar refractivity (Wildman–Crippen MR) is 88.9 cm³/mol. The first kappa shape index (κ1) is 15.9. The normalized spacial score (nSPS) is 58.3. The van der Waals surface area contributed by atoms with Crippen molar-refractivity contribution in [3.8, 4) is 0 Å². The van der Waals surface area contributed by atoms with Gasteiger partial charge in [0.2, 0.25) is 0 Å². The molecule has 4 fully saturated rings. The molecule has 0 heterocycles. The van der Waals surface area contributed by atoms with Crippen molar-refractivity contribution in [1.29, 1.82) is 0 Å². The molecule has 0 aromatic carbocycles. The molecule has 0 aliphatic heterocycles. The summed E-state index contributed by atoms with van der Waals surface area (Å²) in [6.45, 7) is 6.64. The minimum absolute atomic E-state index is 0.148. The van der Waals surface area contributed by atoms with Crippen molar-refractivity contribution in [3.05, 3.63) is 0 Å². The van der Waals surface area contributed by atoms with Gasteiger partial charge in [-0.15, -0.1) is 0 Å². The van der Waals surface area contributed by atoms with Gasteiger partial charge >= 0.3 is 5.97 Å². The molecule has 4 aliphatic carbocycles. The third-order valence-corrected chi connectivity index (χ3v) is 9.09. The van der Waals surface area contributed by atoms with Crippen molar-refractivity contribution >= 4 is 5.97 Å². The molecule has 6 unspecified atom stereocenters. The van der Waals surface area contributed by atoms with E-state index in [0.717, 1.165) is 51.4 Å². The number of aliphatic carboxylic acids is 1. The van der Waals surface area contributed by atoms with Crippen LogP contribution in [0.5, 0.6) is 0 Å². The van der Waals surface area contributed by atoms with E-state index < -0.39 is 17.0 Å². The summed E-state index contributed by atoms with van der Waals surface area (Å²) >= 11 is 0. The molecular weight excluding hydrogens is 288 g/mol. The second-order valence-corrected chi connectivity index (χ2v) is 10.0. The molecule has 0 aromatic rings. The second-order valence-electron chi connectivity index (χ2n) is 10.0. The quantitative estimate of drug-likeness (QED) is 0.760. The van der Waals surface area contributed by atoms with Gasteiger partial charge < -0.3 is 10.2 Å². The van der Waals surface area contributed by atoms with Crippen molar-refractivity contribution in [2.45, 2.75) is 84.2 Å². The molecule has 0 aromatic heterocycles. The Kier molecular flexibility index (Phi) is 3.14. The van der Waals surface area contributed by atoms with Crippen LogP contribution in [-0.4, -0.2) is 21.8 Å². The van der Waals surface area contributed by atoms with E-state index in [1.165, 1.54) is 6.42 Å². The number of aliphatic hydroxyl groups is 1. The maximum atomic E-state index is 12.1. The summed E-state index contributed by atoms with van der Waals surface area (Å²) < 4.78 is 0. The Hall–Kier alpha value is -0.570. The summed E-state index contributed by atoms with van der Waals surface area (Å²) in [7, 11) is 0. The Morgan fingerprint density at radius 3 is 2.43 bits per heavy atom. The molecule has 2 N–H and O–H groups in total. The van der Waals surface area contributed by atoms with E-state index in [9.17, 15) is 15.0 Å². The molecule has 3 nitrogen and oxygen atoms in total. The summed E-state index contributed by atoms with van der Waals surface area (Å²) in [5.74, 6) is 0.732. The molecule has 2 bridgehead atoms. The molecule has 0 saturated heterocycles. The highest BCUT2D eigenvalue weighted by molar-refractivity contribution is 5.75. The van der Waals surface area contributed by atoms with Crippen LogP contribution in [0.15, 0.2) is 0 Å². The molecule has 130 valence electrons. The number of hydrogen-bond acceptors (Lipinski definition) is 2. The van der Waals surface area contributed by atoms with E-state index in [2.05, 4.69) is 13.8 Å². The van der Waals surface area contributed by atoms with Gasteiger partial charge in [0.1, 0.15) is 0 Å². The van der Waals surface area contributed by atoms with Gasteiger partial charge in [0.05, 0.1) is 11.0 Å². The minimum Gasteiger partial charge on any atom is -0.481 e. The van der Waals surface area contributed by atoms with Crippen LogP contribution >= 0.6 is 0 Å². The number of fused-ring (bicyclic) bond motifs is 3. The first-order chi connectivity index (χ1) is 10.7. The van der Waals surface area contributed by atoms with Crippen molar-refractivity contribution < 1.29 is 15.0 Å². The number of carboxylic acids is 1. The van der Waals surface area contributed by atoms with Crippen LogP contribution in [0.25, 0.3) is 0 Å². The lowest BCUT2D eigenvalue weighted by molar-refractivity contribution is -0.186. The predicted octanol–water partition coefficient (Wildman–Crippen LogP) is 4.23. The molecule has 3 heteroatoms. The highest BCUT2D eigenvalue weighted by Crippen LogP contribution is 2.72. The monoisotopic (exact) mass is 320 g/mol. The zero-order chi connectivity index (χ0) is 16.7. The Bertz CT molecular complexity index is 545. The third kappa shape index (κ3) is 1.83. The van der Waals surface area contributed by atoms with Crippen LogP contribution in [0.4, 0.5) is 0 Å². The minimum atomic E-state index is -0.587. The maximum Gasteiger partial charge on any atom is 0.309 e. The van der Waals surface area contributed by atoms with Crippen LogP contribution in [-0.2, 0) is 4.79 Å².